The van der Waals surface area contributed by atoms with E-state index in [9.17, 15) is 4.79 Å². The maximum absolute atomic E-state index is 14.8. The minimum absolute atomic E-state index is 0.129. The molecule has 0 aliphatic heterocycles. The molecule has 2 aromatic heterocycles. The number of nitrogens with zero attached hydrogens (tertiary/aromatic N) is 2. The van der Waals surface area contributed by atoms with Crippen molar-refractivity contribution in [3.05, 3.63) is 237 Å². The molecule has 2 aliphatic rings. The van der Waals surface area contributed by atoms with Gasteiger partial charge < -0.3 is 9.13 Å². The van der Waals surface area contributed by atoms with Gasteiger partial charge in [-0.05, 0) is 166 Å². The molecule has 0 fully saturated rings. The summed E-state index contributed by atoms with van der Waals surface area (Å²) in [5.41, 5.74) is 22.7. The topological polar surface area (TPSA) is 26.9 Å². The van der Waals surface area contributed by atoms with Crippen LogP contribution in [0.1, 0.15) is 118 Å². The number of benzene rings is 8. The Morgan fingerprint density at radius 3 is 1.24 bits per heavy atom. The number of ketones is 1. The minimum atomic E-state index is -0.289. The lowest BCUT2D eigenvalue weighted by atomic mass is 9.83. The number of hydrogen-bond donors (Lipinski definition) is 0. The van der Waals surface area contributed by atoms with Crippen molar-refractivity contribution in [1.82, 2.24) is 9.13 Å². The Morgan fingerprint density at radius 2 is 0.824 bits per heavy atom. The van der Waals surface area contributed by atoms with Gasteiger partial charge in [0.2, 0.25) is 0 Å². The summed E-state index contributed by atoms with van der Waals surface area (Å²) in [6.45, 7) is 14.8. The molecular weight excluding hydrogens is 825 g/mol. The molecule has 4 unspecified atom stereocenters. The van der Waals surface area contributed by atoms with E-state index in [0.29, 0.717) is 0 Å². The minimum Gasteiger partial charge on any atom is -0.341 e. The van der Waals surface area contributed by atoms with E-state index in [-0.39, 0.29) is 29.5 Å². The number of rotatable bonds is 10. The van der Waals surface area contributed by atoms with Crippen LogP contribution in [-0.2, 0) is 17.9 Å². The Bertz CT molecular complexity index is 3510. The summed E-state index contributed by atoms with van der Waals surface area (Å²) < 4.78 is 4.85. The van der Waals surface area contributed by atoms with Gasteiger partial charge in [0.15, 0.2) is 0 Å². The largest absolute Gasteiger partial charge is 0.341 e. The fourth-order valence-electron chi connectivity index (χ4n) is 12.2. The second-order valence-electron chi connectivity index (χ2n) is 19.4. The Hall–Kier alpha value is -7.49. The van der Waals surface area contributed by atoms with Crippen LogP contribution in [0.15, 0.2) is 170 Å². The van der Waals surface area contributed by atoms with Crippen LogP contribution in [0, 0.1) is 13.8 Å². The van der Waals surface area contributed by atoms with Gasteiger partial charge in [-0.25, -0.2) is 0 Å². The monoisotopic (exact) mass is 880 g/mol. The lowest BCUT2D eigenvalue weighted by Gasteiger charge is -2.20. The lowest BCUT2D eigenvalue weighted by Crippen LogP contribution is -2.16. The summed E-state index contributed by atoms with van der Waals surface area (Å²) in [6.07, 6.45) is 4.78. The fourth-order valence-corrected chi connectivity index (χ4v) is 12.2. The van der Waals surface area contributed by atoms with Crippen molar-refractivity contribution in [3.63, 3.8) is 0 Å². The van der Waals surface area contributed by atoms with Crippen molar-refractivity contribution in [2.24, 2.45) is 0 Å². The van der Waals surface area contributed by atoms with Gasteiger partial charge in [0, 0.05) is 80.4 Å². The predicted octanol–water partition coefficient (Wildman–Crippen LogP) is 16.4. The summed E-state index contributed by atoms with van der Waals surface area (Å²) in [7, 11) is 0. The van der Waals surface area contributed by atoms with Crippen molar-refractivity contribution < 1.29 is 4.79 Å². The quantitative estimate of drug-likeness (QED) is 0.134. The van der Waals surface area contributed by atoms with Crippen molar-refractivity contribution in [1.29, 1.82) is 0 Å². The van der Waals surface area contributed by atoms with Gasteiger partial charge in [0.25, 0.3) is 0 Å². The second-order valence-corrected chi connectivity index (χ2v) is 19.4. The molecule has 2 heterocycles. The van der Waals surface area contributed by atoms with E-state index in [0.717, 1.165) is 24.2 Å². The van der Waals surface area contributed by atoms with Gasteiger partial charge in [-0.1, -0.05) is 135 Å². The fraction of sp³-hybridized carbons (Fsp3) is 0.185. The van der Waals surface area contributed by atoms with Gasteiger partial charge in [0.05, 0.1) is 0 Å². The van der Waals surface area contributed by atoms with Crippen LogP contribution >= 0.6 is 0 Å². The Morgan fingerprint density at radius 1 is 0.456 bits per heavy atom. The number of Topliss-reactive ketones (excluding diaryl/α,β-unsaturated/α-hetero) is 1. The number of fused-ring (bicyclic) bond motifs is 8. The summed E-state index contributed by atoms with van der Waals surface area (Å²) in [4.78, 5) is 14.8. The summed E-state index contributed by atoms with van der Waals surface area (Å²) in [5, 5.41) is 4.89. The van der Waals surface area contributed by atoms with E-state index >= 15 is 0 Å². The molecule has 0 radical (unpaired) electrons. The maximum atomic E-state index is 14.8. The zero-order valence-corrected chi connectivity index (χ0v) is 39.8. The molecule has 0 saturated carbocycles. The highest BCUT2D eigenvalue weighted by atomic mass is 16.1. The highest BCUT2D eigenvalue weighted by molar-refractivity contribution is 6.11. The predicted molar refractivity (Wildman–Crippen MR) is 287 cm³/mol. The summed E-state index contributed by atoms with van der Waals surface area (Å²) >= 11 is 0. The first-order chi connectivity index (χ1) is 33.2. The van der Waals surface area contributed by atoms with E-state index in [1.54, 1.807) is 0 Å². The Kier molecular flexibility index (Phi) is 10.1. The highest BCUT2D eigenvalue weighted by Crippen LogP contribution is 2.50. The van der Waals surface area contributed by atoms with Gasteiger partial charge in [-0.3, -0.25) is 4.79 Å². The number of hydrogen-bond acceptors (Lipinski definition) is 1. The average molecular weight is 881 g/mol. The number of carbonyl (C=O) groups is 1. The first-order valence-corrected chi connectivity index (χ1v) is 24.6. The van der Waals surface area contributed by atoms with E-state index in [1.807, 2.05) is 0 Å². The van der Waals surface area contributed by atoms with Crippen LogP contribution in [0.5, 0.6) is 0 Å². The Balaban J connectivity index is 0.903. The van der Waals surface area contributed by atoms with E-state index in [1.165, 1.54) is 110 Å². The molecule has 0 N–H and O–H groups in total. The van der Waals surface area contributed by atoms with E-state index in [4.69, 9.17) is 0 Å². The maximum Gasteiger partial charge on any atom is 0.147 e. The van der Waals surface area contributed by atoms with Crippen LogP contribution in [0.25, 0.3) is 66.9 Å². The van der Waals surface area contributed by atoms with E-state index < -0.39 is 0 Å². The molecule has 0 spiro atoms. The molecule has 10 aromatic rings. The third kappa shape index (κ3) is 6.50. The first-order valence-electron chi connectivity index (χ1n) is 24.6. The third-order valence-corrected chi connectivity index (χ3v) is 15.7. The number of aryl methyl sites for hydroxylation is 4. The summed E-state index contributed by atoms with van der Waals surface area (Å²) in [6, 6.07) is 62.9. The van der Waals surface area contributed by atoms with Gasteiger partial charge >= 0.3 is 0 Å². The molecular formula is C65H56N2O. The van der Waals surface area contributed by atoms with Gasteiger partial charge in [0.1, 0.15) is 5.78 Å². The van der Waals surface area contributed by atoms with Crippen molar-refractivity contribution in [2.45, 2.75) is 78.3 Å². The SMILES string of the molecule is CCn1c2ccc(C(C)C(=O)C(C)c3ccc4c(c3)c3cc(C5C(c6ccccc6C)=Cc6ccccc65)ccc3n4CC)cc2c2cc(C3C(c4ccccc4C)=Cc4ccccc43)ccc21. The van der Waals surface area contributed by atoms with Crippen LogP contribution < -0.4 is 0 Å². The Labute approximate surface area is 399 Å². The molecule has 3 nitrogen and oxygen atoms in total. The second kappa shape index (κ2) is 16.4. The number of allylic oxidation sites excluding steroid dienone is 2. The molecule has 3 heteroatoms. The molecule has 2 aliphatic carbocycles. The molecule has 0 saturated heterocycles. The molecule has 332 valence electrons. The zero-order valence-electron chi connectivity index (χ0n) is 39.8. The number of aromatic nitrogens is 2. The van der Waals surface area contributed by atoms with Crippen molar-refractivity contribution in [3.8, 4) is 0 Å². The van der Waals surface area contributed by atoms with Crippen LogP contribution in [0.2, 0.25) is 0 Å². The molecule has 68 heavy (non-hydrogen) atoms. The summed E-state index contributed by atoms with van der Waals surface area (Å²) in [5.74, 6) is -0.0890. The average Bonchev–Trinajstić information content (AvgIpc) is 4.12. The van der Waals surface area contributed by atoms with Crippen LogP contribution in [-0.4, -0.2) is 14.9 Å². The molecule has 8 aromatic carbocycles. The molecule has 12 rings (SSSR count). The van der Waals surface area contributed by atoms with E-state index in [2.05, 4.69) is 233 Å². The molecule has 4 atom stereocenters. The van der Waals surface area contributed by atoms with Crippen LogP contribution in [0.3, 0.4) is 0 Å². The van der Waals surface area contributed by atoms with Crippen molar-refractivity contribution in [2.75, 3.05) is 0 Å². The van der Waals surface area contributed by atoms with Crippen LogP contribution in [0.4, 0.5) is 0 Å². The normalized spacial score (nSPS) is 16.3. The van der Waals surface area contributed by atoms with Gasteiger partial charge in [-0.15, -0.1) is 0 Å². The smallest absolute Gasteiger partial charge is 0.147 e. The zero-order chi connectivity index (χ0) is 46.4. The van der Waals surface area contributed by atoms with Crippen molar-refractivity contribution >= 4 is 72.7 Å². The van der Waals surface area contributed by atoms with Gasteiger partial charge in [-0.2, -0.15) is 0 Å². The molecule has 0 amide bonds. The standard InChI is InChI=1S/C65H56N2O/c1-7-66-59-29-25-43(33-53(59)55-37-47(27-31-61(55)66)63-51-23-15-11-19-45(51)35-57(63)49-21-13-9-17-39(49)3)41(5)65(68)42(6)44-26-30-60-54(34-44)56-38-48(28-32-62(56)67(60)8-2)64-52-24-16-12-20-46(52)36-58(64)50-22-14-10-18-40(50)4/h9-38,41-42,63-64H,7-8H2,1-6H3. The first kappa shape index (κ1) is 41.9. The number of carbonyl (C=O) groups excluding carboxylic acids is 1. The lowest BCUT2D eigenvalue weighted by molar-refractivity contribution is -0.121. The highest BCUT2D eigenvalue weighted by Gasteiger charge is 2.31. The third-order valence-electron chi connectivity index (χ3n) is 15.7. The molecule has 0 bridgehead atoms.